The SMILES string of the molecule is CC(C)CC(N)CCC1COc2ccccc21. The number of para-hydroxylation sites is 1. The highest BCUT2D eigenvalue weighted by molar-refractivity contribution is 5.39. The molecule has 1 aromatic carbocycles. The molecule has 2 atom stereocenters. The van der Waals surface area contributed by atoms with Crippen LogP contribution in [0.2, 0.25) is 0 Å². The molecule has 1 heterocycles. The number of ether oxygens (including phenoxy) is 1. The predicted molar refractivity (Wildman–Crippen MR) is 71.3 cm³/mol. The summed E-state index contributed by atoms with van der Waals surface area (Å²) in [4.78, 5) is 0. The Bertz CT molecular complexity index is 362. The summed E-state index contributed by atoms with van der Waals surface area (Å²) in [5.41, 5.74) is 7.50. The Hall–Kier alpha value is -1.02. The zero-order valence-electron chi connectivity index (χ0n) is 10.9. The van der Waals surface area contributed by atoms with Gasteiger partial charge in [-0.2, -0.15) is 0 Å². The van der Waals surface area contributed by atoms with E-state index in [9.17, 15) is 0 Å². The van der Waals surface area contributed by atoms with Gasteiger partial charge in [-0.1, -0.05) is 32.0 Å². The molecule has 0 spiro atoms. The van der Waals surface area contributed by atoms with Crippen molar-refractivity contribution in [3.8, 4) is 5.75 Å². The van der Waals surface area contributed by atoms with Gasteiger partial charge in [-0.25, -0.2) is 0 Å². The molecule has 0 aliphatic carbocycles. The average Bonchev–Trinajstić information content (AvgIpc) is 2.69. The molecule has 0 saturated heterocycles. The lowest BCUT2D eigenvalue weighted by atomic mass is 9.92. The minimum absolute atomic E-state index is 0.336. The Balaban J connectivity index is 1.85. The number of fused-ring (bicyclic) bond motifs is 1. The van der Waals surface area contributed by atoms with Gasteiger partial charge in [0.2, 0.25) is 0 Å². The van der Waals surface area contributed by atoms with Gasteiger partial charge in [-0.05, 0) is 31.2 Å². The van der Waals surface area contributed by atoms with Crippen LogP contribution in [0.1, 0.15) is 44.6 Å². The van der Waals surface area contributed by atoms with E-state index in [1.54, 1.807) is 0 Å². The Morgan fingerprint density at radius 3 is 2.88 bits per heavy atom. The number of rotatable bonds is 5. The van der Waals surface area contributed by atoms with Gasteiger partial charge in [-0.15, -0.1) is 0 Å². The molecular formula is C15H23NO. The van der Waals surface area contributed by atoms with Crippen molar-refractivity contribution in [2.24, 2.45) is 11.7 Å². The van der Waals surface area contributed by atoms with Gasteiger partial charge in [0.05, 0.1) is 6.61 Å². The summed E-state index contributed by atoms with van der Waals surface area (Å²) < 4.78 is 5.68. The Labute approximate surface area is 104 Å². The topological polar surface area (TPSA) is 35.2 Å². The second kappa shape index (κ2) is 5.54. The second-order valence-corrected chi connectivity index (χ2v) is 5.51. The lowest BCUT2D eigenvalue weighted by Crippen LogP contribution is -2.22. The summed E-state index contributed by atoms with van der Waals surface area (Å²) in [7, 11) is 0. The van der Waals surface area contributed by atoms with Crippen molar-refractivity contribution in [2.45, 2.75) is 45.1 Å². The molecule has 94 valence electrons. The van der Waals surface area contributed by atoms with E-state index in [1.807, 2.05) is 6.07 Å². The van der Waals surface area contributed by atoms with E-state index in [4.69, 9.17) is 10.5 Å². The standard InChI is InChI=1S/C15H23NO/c1-11(2)9-13(16)8-7-12-10-17-15-6-4-3-5-14(12)15/h3-6,11-13H,7-10,16H2,1-2H3. The van der Waals surface area contributed by atoms with Crippen molar-refractivity contribution in [2.75, 3.05) is 6.61 Å². The molecule has 0 amide bonds. The summed E-state index contributed by atoms with van der Waals surface area (Å²) in [5.74, 6) is 2.30. The molecule has 2 nitrogen and oxygen atoms in total. The molecule has 1 aliphatic heterocycles. The third-order valence-corrected chi connectivity index (χ3v) is 3.46. The maximum Gasteiger partial charge on any atom is 0.122 e. The van der Waals surface area contributed by atoms with Crippen LogP contribution < -0.4 is 10.5 Å². The van der Waals surface area contributed by atoms with Gasteiger partial charge >= 0.3 is 0 Å². The maximum atomic E-state index is 6.13. The van der Waals surface area contributed by atoms with Gasteiger partial charge in [-0.3, -0.25) is 0 Å². The Kier molecular flexibility index (Phi) is 4.06. The summed E-state index contributed by atoms with van der Waals surface area (Å²) in [6, 6.07) is 8.70. The van der Waals surface area contributed by atoms with Crippen LogP contribution >= 0.6 is 0 Å². The molecule has 0 bridgehead atoms. The maximum absolute atomic E-state index is 6.13. The lowest BCUT2D eigenvalue weighted by molar-refractivity contribution is 0.317. The third kappa shape index (κ3) is 3.22. The van der Waals surface area contributed by atoms with Crippen LogP contribution in [-0.2, 0) is 0 Å². The van der Waals surface area contributed by atoms with Gasteiger partial charge in [0.25, 0.3) is 0 Å². The largest absolute Gasteiger partial charge is 0.493 e. The van der Waals surface area contributed by atoms with Gasteiger partial charge in [0.1, 0.15) is 5.75 Å². The molecule has 2 heteroatoms. The molecule has 0 radical (unpaired) electrons. The van der Waals surface area contributed by atoms with Crippen LogP contribution in [0.4, 0.5) is 0 Å². The van der Waals surface area contributed by atoms with E-state index >= 15 is 0 Å². The predicted octanol–water partition coefficient (Wildman–Crippen LogP) is 3.32. The number of nitrogens with two attached hydrogens (primary N) is 1. The van der Waals surface area contributed by atoms with Crippen molar-refractivity contribution in [1.29, 1.82) is 0 Å². The zero-order chi connectivity index (χ0) is 12.3. The summed E-state index contributed by atoms with van der Waals surface area (Å²) in [6.07, 6.45) is 3.36. The van der Waals surface area contributed by atoms with Gasteiger partial charge in [0, 0.05) is 17.5 Å². The number of benzene rings is 1. The molecule has 0 saturated carbocycles. The van der Waals surface area contributed by atoms with Crippen LogP contribution in [-0.4, -0.2) is 12.6 Å². The van der Waals surface area contributed by atoms with E-state index in [-0.39, 0.29) is 0 Å². The first-order valence-electron chi connectivity index (χ1n) is 6.64. The minimum Gasteiger partial charge on any atom is -0.493 e. The lowest BCUT2D eigenvalue weighted by Gasteiger charge is -2.16. The van der Waals surface area contributed by atoms with Crippen molar-refractivity contribution in [1.82, 2.24) is 0 Å². The first-order valence-corrected chi connectivity index (χ1v) is 6.64. The molecule has 0 aromatic heterocycles. The van der Waals surface area contributed by atoms with E-state index in [1.165, 1.54) is 5.56 Å². The van der Waals surface area contributed by atoms with Crippen LogP contribution in [0.25, 0.3) is 0 Å². The molecule has 1 aliphatic rings. The average molecular weight is 233 g/mol. The van der Waals surface area contributed by atoms with Gasteiger partial charge < -0.3 is 10.5 Å². The second-order valence-electron chi connectivity index (χ2n) is 5.51. The van der Waals surface area contributed by atoms with Crippen molar-refractivity contribution in [3.05, 3.63) is 29.8 Å². The molecule has 0 fully saturated rings. The molecule has 2 unspecified atom stereocenters. The highest BCUT2D eigenvalue weighted by Crippen LogP contribution is 2.36. The Morgan fingerprint density at radius 1 is 1.35 bits per heavy atom. The van der Waals surface area contributed by atoms with E-state index < -0.39 is 0 Å². The normalized spacial score (nSPS) is 20.1. The highest BCUT2D eigenvalue weighted by atomic mass is 16.5. The first-order chi connectivity index (χ1) is 8.16. The van der Waals surface area contributed by atoms with Crippen LogP contribution in [0, 0.1) is 5.92 Å². The van der Waals surface area contributed by atoms with E-state index in [0.717, 1.165) is 31.6 Å². The molecule has 2 N–H and O–H groups in total. The van der Waals surface area contributed by atoms with Crippen molar-refractivity contribution < 1.29 is 4.74 Å². The molecule has 2 rings (SSSR count). The van der Waals surface area contributed by atoms with E-state index in [2.05, 4.69) is 32.0 Å². The third-order valence-electron chi connectivity index (χ3n) is 3.46. The fourth-order valence-corrected chi connectivity index (χ4v) is 2.61. The summed E-state index contributed by atoms with van der Waals surface area (Å²) in [6.45, 7) is 5.29. The summed E-state index contributed by atoms with van der Waals surface area (Å²) >= 11 is 0. The fourth-order valence-electron chi connectivity index (χ4n) is 2.61. The van der Waals surface area contributed by atoms with E-state index in [0.29, 0.717) is 17.9 Å². The Morgan fingerprint density at radius 2 is 2.12 bits per heavy atom. The van der Waals surface area contributed by atoms with Crippen molar-refractivity contribution >= 4 is 0 Å². The number of hydrogen-bond donors (Lipinski definition) is 1. The molecular weight excluding hydrogens is 210 g/mol. The molecule has 1 aromatic rings. The minimum atomic E-state index is 0.336. The molecule has 17 heavy (non-hydrogen) atoms. The summed E-state index contributed by atoms with van der Waals surface area (Å²) in [5, 5.41) is 0. The van der Waals surface area contributed by atoms with Crippen molar-refractivity contribution in [3.63, 3.8) is 0 Å². The fraction of sp³-hybridized carbons (Fsp3) is 0.600. The van der Waals surface area contributed by atoms with Crippen LogP contribution in [0.15, 0.2) is 24.3 Å². The zero-order valence-corrected chi connectivity index (χ0v) is 10.9. The van der Waals surface area contributed by atoms with Gasteiger partial charge in [0.15, 0.2) is 0 Å². The smallest absolute Gasteiger partial charge is 0.122 e. The first kappa shape index (κ1) is 12.4. The van der Waals surface area contributed by atoms with Crippen LogP contribution in [0.3, 0.4) is 0 Å². The monoisotopic (exact) mass is 233 g/mol. The quantitative estimate of drug-likeness (QED) is 0.846. The number of hydrogen-bond acceptors (Lipinski definition) is 2. The van der Waals surface area contributed by atoms with Crippen LogP contribution in [0.5, 0.6) is 5.75 Å². The highest BCUT2D eigenvalue weighted by Gasteiger charge is 2.23.